The van der Waals surface area contributed by atoms with Crippen LogP contribution in [0.2, 0.25) is 0 Å². The Morgan fingerprint density at radius 3 is 2.59 bits per heavy atom. The number of likely N-dealkylation sites (tertiary alicyclic amines) is 1. The number of sulfonamides is 1. The fourth-order valence-corrected chi connectivity index (χ4v) is 4.13. The molecule has 22 heavy (non-hydrogen) atoms. The molecule has 0 aliphatic carbocycles. The number of hydrogen-bond donors (Lipinski definition) is 1. The lowest BCUT2D eigenvalue weighted by Gasteiger charge is -2.30. The summed E-state index contributed by atoms with van der Waals surface area (Å²) in [5.74, 6) is 0.907. The maximum absolute atomic E-state index is 12.1. The molecule has 0 unspecified atom stereocenters. The van der Waals surface area contributed by atoms with Crippen LogP contribution < -0.4 is 4.72 Å². The predicted molar refractivity (Wildman–Crippen MR) is 91.3 cm³/mol. The average molecular weight is 324 g/mol. The molecule has 0 saturated carbocycles. The SMILES string of the molecule is Cc1ccccc1CS(=O)(=O)NCCCN1CCC(C)CC1. The molecule has 1 heterocycles. The number of rotatable bonds is 7. The summed E-state index contributed by atoms with van der Waals surface area (Å²) in [5.41, 5.74) is 1.90. The Balaban J connectivity index is 1.70. The van der Waals surface area contributed by atoms with E-state index in [1.54, 1.807) is 0 Å². The first-order valence-corrected chi connectivity index (χ1v) is 9.86. The zero-order chi connectivity index (χ0) is 16.0. The highest BCUT2D eigenvalue weighted by atomic mass is 32.2. The van der Waals surface area contributed by atoms with E-state index in [9.17, 15) is 8.42 Å². The summed E-state index contributed by atoms with van der Waals surface area (Å²) in [7, 11) is -3.24. The van der Waals surface area contributed by atoms with Crippen LogP contribution in [0.25, 0.3) is 0 Å². The number of nitrogens with one attached hydrogen (secondary N) is 1. The highest BCUT2D eigenvalue weighted by Gasteiger charge is 2.16. The van der Waals surface area contributed by atoms with Crippen molar-refractivity contribution in [1.29, 1.82) is 0 Å². The van der Waals surface area contributed by atoms with Gasteiger partial charge in [-0.25, -0.2) is 13.1 Å². The maximum atomic E-state index is 12.1. The van der Waals surface area contributed by atoms with Crippen molar-refractivity contribution in [2.24, 2.45) is 5.92 Å². The lowest BCUT2D eigenvalue weighted by molar-refractivity contribution is 0.191. The lowest BCUT2D eigenvalue weighted by Crippen LogP contribution is -2.35. The minimum atomic E-state index is -3.24. The van der Waals surface area contributed by atoms with Gasteiger partial charge in [-0.05, 0) is 62.9 Å². The van der Waals surface area contributed by atoms with Crippen molar-refractivity contribution < 1.29 is 8.42 Å². The zero-order valence-corrected chi connectivity index (χ0v) is 14.5. The Bertz CT molecular complexity index is 564. The maximum Gasteiger partial charge on any atom is 0.215 e. The molecule has 0 bridgehead atoms. The monoisotopic (exact) mass is 324 g/mol. The van der Waals surface area contributed by atoms with Crippen LogP contribution in [0, 0.1) is 12.8 Å². The fourth-order valence-electron chi connectivity index (χ4n) is 2.84. The number of hydrogen-bond acceptors (Lipinski definition) is 3. The highest BCUT2D eigenvalue weighted by molar-refractivity contribution is 7.88. The Morgan fingerprint density at radius 1 is 1.23 bits per heavy atom. The first-order valence-electron chi connectivity index (χ1n) is 8.20. The van der Waals surface area contributed by atoms with Crippen LogP contribution in [0.4, 0.5) is 0 Å². The van der Waals surface area contributed by atoms with Crippen LogP contribution in [0.5, 0.6) is 0 Å². The summed E-state index contributed by atoms with van der Waals surface area (Å²) < 4.78 is 27.0. The minimum Gasteiger partial charge on any atom is -0.303 e. The van der Waals surface area contributed by atoms with Gasteiger partial charge in [-0.1, -0.05) is 31.2 Å². The van der Waals surface area contributed by atoms with E-state index < -0.39 is 10.0 Å². The summed E-state index contributed by atoms with van der Waals surface area (Å²) in [4.78, 5) is 2.44. The molecule has 0 spiro atoms. The van der Waals surface area contributed by atoms with Crippen LogP contribution in [-0.4, -0.2) is 39.5 Å². The van der Waals surface area contributed by atoms with Crippen LogP contribution in [0.1, 0.15) is 37.3 Å². The van der Waals surface area contributed by atoms with Crippen LogP contribution in [-0.2, 0) is 15.8 Å². The molecule has 2 rings (SSSR count). The first-order chi connectivity index (χ1) is 10.5. The molecule has 1 aliphatic heterocycles. The molecule has 0 atom stereocenters. The molecule has 5 heteroatoms. The number of benzene rings is 1. The molecule has 0 amide bonds. The molecule has 1 N–H and O–H groups in total. The van der Waals surface area contributed by atoms with E-state index in [1.807, 2.05) is 31.2 Å². The van der Waals surface area contributed by atoms with Gasteiger partial charge < -0.3 is 4.90 Å². The van der Waals surface area contributed by atoms with Crippen molar-refractivity contribution in [2.75, 3.05) is 26.2 Å². The molecule has 4 nitrogen and oxygen atoms in total. The molecule has 0 radical (unpaired) electrons. The summed E-state index contributed by atoms with van der Waals surface area (Å²) in [6.07, 6.45) is 3.40. The highest BCUT2D eigenvalue weighted by Crippen LogP contribution is 2.15. The number of piperidine rings is 1. The van der Waals surface area contributed by atoms with Crippen LogP contribution >= 0.6 is 0 Å². The van der Waals surface area contributed by atoms with Gasteiger partial charge in [0.25, 0.3) is 0 Å². The van der Waals surface area contributed by atoms with E-state index in [1.165, 1.54) is 12.8 Å². The van der Waals surface area contributed by atoms with Crippen molar-refractivity contribution >= 4 is 10.0 Å². The molecule has 1 aromatic rings. The predicted octanol–water partition coefficient (Wildman–Crippen LogP) is 2.54. The second-order valence-electron chi connectivity index (χ2n) is 6.46. The molecular formula is C17H28N2O2S. The Morgan fingerprint density at radius 2 is 1.91 bits per heavy atom. The Kier molecular flexibility index (Phi) is 6.41. The zero-order valence-electron chi connectivity index (χ0n) is 13.7. The van der Waals surface area contributed by atoms with Gasteiger partial charge in [-0.3, -0.25) is 0 Å². The molecule has 1 fully saturated rings. The van der Waals surface area contributed by atoms with E-state index in [0.29, 0.717) is 6.54 Å². The third-order valence-electron chi connectivity index (χ3n) is 4.46. The first kappa shape index (κ1) is 17.4. The number of aryl methyl sites for hydroxylation is 1. The Hall–Kier alpha value is -0.910. The minimum absolute atomic E-state index is 0.0703. The Labute approximate surface area is 135 Å². The quantitative estimate of drug-likeness (QED) is 0.784. The van der Waals surface area contributed by atoms with E-state index in [2.05, 4.69) is 16.5 Å². The van der Waals surface area contributed by atoms with Gasteiger partial charge in [0.05, 0.1) is 5.75 Å². The topological polar surface area (TPSA) is 49.4 Å². The van der Waals surface area contributed by atoms with Crippen molar-refractivity contribution in [1.82, 2.24) is 9.62 Å². The van der Waals surface area contributed by atoms with Gasteiger partial charge >= 0.3 is 0 Å². The van der Waals surface area contributed by atoms with Crippen LogP contribution in [0.3, 0.4) is 0 Å². The molecule has 0 aromatic heterocycles. The van der Waals surface area contributed by atoms with E-state index in [0.717, 1.165) is 43.1 Å². The van der Waals surface area contributed by atoms with Gasteiger partial charge in [-0.15, -0.1) is 0 Å². The third-order valence-corrected chi connectivity index (χ3v) is 5.79. The molecule has 1 aromatic carbocycles. The molecular weight excluding hydrogens is 296 g/mol. The fraction of sp³-hybridized carbons (Fsp3) is 0.647. The standard InChI is InChI=1S/C17H28N2O2S/c1-15-8-12-19(13-9-15)11-5-10-18-22(20,21)14-17-7-4-3-6-16(17)2/h3-4,6-7,15,18H,5,8-14H2,1-2H3. The van der Waals surface area contributed by atoms with Gasteiger partial charge in [0.2, 0.25) is 10.0 Å². The van der Waals surface area contributed by atoms with Gasteiger partial charge in [0.15, 0.2) is 0 Å². The molecule has 1 saturated heterocycles. The third kappa shape index (κ3) is 5.71. The van der Waals surface area contributed by atoms with Crippen LogP contribution in [0.15, 0.2) is 24.3 Å². The average Bonchev–Trinajstić information content (AvgIpc) is 2.48. The second kappa shape index (κ2) is 8.09. The van der Waals surface area contributed by atoms with Crippen molar-refractivity contribution in [3.8, 4) is 0 Å². The summed E-state index contributed by atoms with van der Waals surface area (Å²) >= 11 is 0. The molecule has 1 aliphatic rings. The summed E-state index contributed by atoms with van der Waals surface area (Å²) in [6.45, 7) is 8.06. The van der Waals surface area contributed by atoms with Crippen molar-refractivity contribution in [3.05, 3.63) is 35.4 Å². The van der Waals surface area contributed by atoms with Gasteiger partial charge in [0.1, 0.15) is 0 Å². The lowest BCUT2D eigenvalue weighted by atomic mass is 9.99. The number of nitrogens with zero attached hydrogens (tertiary/aromatic N) is 1. The normalized spacial score (nSPS) is 17.7. The molecule has 124 valence electrons. The smallest absolute Gasteiger partial charge is 0.215 e. The van der Waals surface area contributed by atoms with E-state index >= 15 is 0 Å². The van der Waals surface area contributed by atoms with E-state index in [-0.39, 0.29) is 5.75 Å². The van der Waals surface area contributed by atoms with Crippen molar-refractivity contribution in [2.45, 2.75) is 38.9 Å². The van der Waals surface area contributed by atoms with Gasteiger partial charge in [0, 0.05) is 6.54 Å². The second-order valence-corrected chi connectivity index (χ2v) is 8.26. The van der Waals surface area contributed by atoms with E-state index in [4.69, 9.17) is 0 Å². The largest absolute Gasteiger partial charge is 0.303 e. The van der Waals surface area contributed by atoms with Crippen molar-refractivity contribution in [3.63, 3.8) is 0 Å². The van der Waals surface area contributed by atoms with Gasteiger partial charge in [-0.2, -0.15) is 0 Å². The summed E-state index contributed by atoms with van der Waals surface area (Å²) in [5, 5.41) is 0. The summed E-state index contributed by atoms with van der Waals surface area (Å²) in [6, 6.07) is 7.64.